The van der Waals surface area contributed by atoms with E-state index in [0.29, 0.717) is 5.92 Å². The van der Waals surface area contributed by atoms with E-state index in [9.17, 15) is 8.60 Å². The van der Waals surface area contributed by atoms with E-state index < -0.39 is 10.8 Å². The number of benzene rings is 1. The molecule has 94 valence electrons. The molecule has 1 aliphatic rings. The summed E-state index contributed by atoms with van der Waals surface area (Å²) in [4.78, 5) is 0.852. The maximum Gasteiger partial charge on any atom is 0.123 e. The summed E-state index contributed by atoms with van der Waals surface area (Å²) < 4.78 is 25.3. The number of fused-ring (bicyclic) bond motifs is 1. The second kappa shape index (κ2) is 5.76. The topological polar surface area (TPSA) is 17.1 Å². The van der Waals surface area contributed by atoms with Crippen molar-refractivity contribution < 1.29 is 8.60 Å². The average Bonchev–Trinajstić information content (AvgIpc) is 2.46. The highest BCUT2D eigenvalue weighted by Gasteiger charge is 2.21. The molecule has 0 saturated carbocycles. The van der Waals surface area contributed by atoms with E-state index >= 15 is 0 Å². The van der Waals surface area contributed by atoms with Crippen molar-refractivity contribution in [1.82, 2.24) is 0 Å². The Hall–Kier alpha value is -0.700. The molecule has 2 atom stereocenters. The molecule has 0 aliphatic carbocycles. The van der Waals surface area contributed by atoms with Crippen molar-refractivity contribution in [1.29, 1.82) is 0 Å². The van der Waals surface area contributed by atoms with Gasteiger partial charge in [0.05, 0.1) is 10.8 Å². The number of hydrogen-bond acceptors (Lipinski definition) is 1. The molecule has 0 aromatic heterocycles. The predicted octanol–water partition coefficient (Wildman–Crippen LogP) is 3.69. The maximum atomic E-state index is 13.2. The van der Waals surface area contributed by atoms with E-state index in [-0.39, 0.29) is 5.82 Å². The number of hydrogen-bond donors (Lipinski definition) is 0. The van der Waals surface area contributed by atoms with Crippen molar-refractivity contribution >= 4 is 10.8 Å². The Balaban J connectivity index is 2.14. The highest BCUT2D eigenvalue weighted by atomic mass is 32.2. The van der Waals surface area contributed by atoms with Crippen LogP contribution in [-0.2, 0) is 17.2 Å². The van der Waals surface area contributed by atoms with Crippen LogP contribution in [-0.4, -0.2) is 9.96 Å². The number of halogens is 1. The third-order valence-corrected chi connectivity index (χ3v) is 5.11. The second-order valence-corrected chi connectivity index (χ2v) is 6.28. The predicted molar refractivity (Wildman–Crippen MR) is 69.0 cm³/mol. The quantitative estimate of drug-likeness (QED) is 0.804. The molecule has 1 aromatic rings. The van der Waals surface area contributed by atoms with Crippen LogP contribution in [0.15, 0.2) is 23.1 Å². The molecule has 0 fully saturated rings. The van der Waals surface area contributed by atoms with Crippen molar-refractivity contribution in [3.05, 3.63) is 29.6 Å². The summed E-state index contributed by atoms with van der Waals surface area (Å²) in [6, 6.07) is 4.67. The van der Waals surface area contributed by atoms with Crippen LogP contribution in [0, 0.1) is 11.7 Å². The Morgan fingerprint density at radius 1 is 1.47 bits per heavy atom. The zero-order chi connectivity index (χ0) is 12.3. The average molecular weight is 254 g/mol. The van der Waals surface area contributed by atoms with Crippen LogP contribution in [0.1, 0.15) is 38.2 Å². The summed E-state index contributed by atoms with van der Waals surface area (Å²) in [6.45, 7) is 2.18. The summed E-state index contributed by atoms with van der Waals surface area (Å²) in [7, 11) is -0.941. The van der Waals surface area contributed by atoms with Gasteiger partial charge in [-0.05, 0) is 48.9 Å². The maximum absolute atomic E-state index is 13.2. The van der Waals surface area contributed by atoms with Gasteiger partial charge in [-0.25, -0.2) is 4.39 Å². The zero-order valence-corrected chi connectivity index (χ0v) is 11.1. The number of aryl methyl sites for hydroxylation is 1. The fourth-order valence-corrected chi connectivity index (χ4v) is 4.05. The molecule has 0 bridgehead atoms. The van der Waals surface area contributed by atoms with Gasteiger partial charge in [-0.2, -0.15) is 0 Å². The first-order valence-electron chi connectivity index (χ1n) is 6.37. The van der Waals surface area contributed by atoms with Crippen molar-refractivity contribution in [3.63, 3.8) is 0 Å². The van der Waals surface area contributed by atoms with E-state index in [1.54, 1.807) is 12.1 Å². The normalized spacial score (nSPS) is 24.1. The standard InChI is InChI=1S/C14H19FOS/c1-2-3-4-11-5-6-12-9-13(15)7-8-14(12)17(16)10-11/h7-9,11H,2-6,10H2,1H3. The number of rotatable bonds is 3. The van der Waals surface area contributed by atoms with Crippen LogP contribution in [0.4, 0.5) is 4.39 Å². The molecule has 17 heavy (non-hydrogen) atoms. The fourth-order valence-electron chi connectivity index (χ4n) is 2.43. The lowest BCUT2D eigenvalue weighted by atomic mass is 9.96. The van der Waals surface area contributed by atoms with Crippen LogP contribution in [0.2, 0.25) is 0 Å². The van der Waals surface area contributed by atoms with E-state index in [0.717, 1.165) is 35.5 Å². The molecular weight excluding hydrogens is 235 g/mol. The van der Waals surface area contributed by atoms with Gasteiger partial charge in [-0.3, -0.25) is 4.21 Å². The summed E-state index contributed by atoms with van der Waals surface area (Å²) in [5, 5.41) is 0. The van der Waals surface area contributed by atoms with Crippen LogP contribution >= 0.6 is 0 Å². The van der Waals surface area contributed by atoms with Gasteiger partial charge in [0.1, 0.15) is 5.82 Å². The van der Waals surface area contributed by atoms with Gasteiger partial charge in [0.25, 0.3) is 0 Å². The van der Waals surface area contributed by atoms with Gasteiger partial charge in [0.2, 0.25) is 0 Å². The van der Waals surface area contributed by atoms with E-state index in [1.165, 1.54) is 18.9 Å². The lowest BCUT2D eigenvalue weighted by Gasteiger charge is -2.11. The third kappa shape index (κ3) is 3.15. The number of unbranched alkanes of at least 4 members (excludes halogenated alkanes) is 1. The molecular formula is C14H19FOS. The lowest BCUT2D eigenvalue weighted by molar-refractivity contribution is 0.478. The molecule has 2 unspecified atom stereocenters. The van der Waals surface area contributed by atoms with Crippen molar-refractivity contribution in [2.24, 2.45) is 5.92 Å². The van der Waals surface area contributed by atoms with Gasteiger partial charge in [-0.15, -0.1) is 0 Å². The van der Waals surface area contributed by atoms with E-state index in [1.807, 2.05) is 0 Å². The Labute approximate surface area is 105 Å². The molecule has 0 saturated heterocycles. The Kier molecular flexibility index (Phi) is 4.32. The Morgan fingerprint density at radius 2 is 2.29 bits per heavy atom. The summed E-state index contributed by atoms with van der Waals surface area (Å²) >= 11 is 0. The van der Waals surface area contributed by atoms with Gasteiger partial charge in [0.15, 0.2) is 0 Å². The third-order valence-electron chi connectivity index (χ3n) is 3.44. The first kappa shape index (κ1) is 12.7. The molecule has 0 amide bonds. The summed E-state index contributed by atoms with van der Waals surface area (Å²) in [5.74, 6) is 1.07. The van der Waals surface area contributed by atoms with E-state index in [4.69, 9.17) is 0 Å². The zero-order valence-electron chi connectivity index (χ0n) is 10.2. The molecule has 2 rings (SSSR count). The highest BCUT2D eigenvalue weighted by Crippen LogP contribution is 2.27. The van der Waals surface area contributed by atoms with Crippen molar-refractivity contribution in [2.45, 2.75) is 43.9 Å². The van der Waals surface area contributed by atoms with Crippen LogP contribution in [0.3, 0.4) is 0 Å². The monoisotopic (exact) mass is 254 g/mol. The summed E-state index contributed by atoms with van der Waals surface area (Å²) in [6.07, 6.45) is 5.45. The van der Waals surface area contributed by atoms with Gasteiger partial charge < -0.3 is 0 Å². The molecule has 1 heterocycles. The van der Waals surface area contributed by atoms with Crippen LogP contribution in [0.25, 0.3) is 0 Å². The molecule has 0 radical (unpaired) electrons. The second-order valence-electron chi connectivity index (χ2n) is 4.81. The van der Waals surface area contributed by atoms with E-state index in [2.05, 4.69) is 6.92 Å². The first-order valence-corrected chi connectivity index (χ1v) is 7.69. The van der Waals surface area contributed by atoms with Crippen LogP contribution < -0.4 is 0 Å². The molecule has 0 spiro atoms. The minimum absolute atomic E-state index is 0.215. The minimum Gasteiger partial charge on any atom is -0.254 e. The summed E-state index contributed by atoms with van der Waals surface area (Å²) in [5.41, 5.74) is 0.947. The smallest absolute Gasteiger partial charge is 0.123 e. The lowest BCUT2D eigenvalue weighted by Crippen LogP contribution is -2.09. The van der Waals surface area contributed by atoms with Gasteiger partial charge in [0, 0.05) is 10.6 Å². The molecule has 3 heteroatoms. The highest BCUT2D eigenvalue weighted by molar-refractivity contribution is 7.85. The van der Waals surface area contributed by atoms with Crippen LogP contribution in [0.5, 0.6) is 0 Å². The van der Waals surface area contributed by atoms with Crippen molar-refractivity contribution in [3.8, 4) is 0 Å². The first-order chi connectivity index (χ1) is 8.20. The van der Waals surface area contributed by atoms with Gasteiger partial charge >= 0.3 is 0 Å². The Morgan fingerprint density at radius 3 is 3.06 bits per heavy atom. The van der Waals surface area contributed by atoms with Gasteiger partial charge in [-0.1, -0.05) is 19.8 Å². The molecule has 1 aromatic carbocycles. The minimum atomic E-state index is -0.941. The fraction of sp³-hybridized carbons (Fsp3) is 0.571. The largest absolute Gasteiger partial charge is 0.254 e. The molecule has 1 nitrogen and oxygen atoms in total. The molecule has 1 aliphatic heterocycles. The van der Waals surface area contributed by atoms with Crippen molar-refractivity contribution in [2.75, 3.05) is 5.75 Å². The molecule has 0 N–H and O–H groups in total. The SMILES string of the molecule is CCCCC1CCc2cc(F)ccc2S(=O)C1. The Bertz CT molecular complexity index is 417.